The highest BCUT2D eigenvalue weighted by atomic mass is 32.1. The molecule has 1 aromatic carbocycles. The molecule has 1 atom stereocenters. The first-order chi connectivity index (χ1) is 10.3. The highest BCUT2D eigenvalue weighted by molar-refractivity contribution is 7.14. The smallest absolute Gasteiger partial charge is 0.183 e. The average molecular weight is 306 g/mol. The molecule has 1 aliphatic heterocycles. The molecule has 112 valence electrons. The lowest BCUT2D eigenvalue weighted by Gasteiger charge is -2.18. The van der Waals surface area contributed by atoms with E-state index in [-0.39, 0.29) is 6.04 Å². The zero-order chi connectivity index (χ0) is 14.7. The van der Waals surface area contributed by atoms with Crippen molar-refractivity contribution in [3.63, 3.8) is 0 Å². The lowest BCUT2D eigenvalue weighted by Crippen LogP contribution is -2.20. The quantitative estimate of drug-likeness (QED) is 0.920. The predicted molar refractivity (Wildman–Crippen MR) is 83.5 cm³/mol. The van der Waals surface area contributed by atoms with Crippen molar-refractivity contribution in [3.05, 3.63) is 23.6 Å². The first-order valence-electron chi connectivity index (χ1n) is 6.87. The van der Waals surface area contributed by atoms with E-state index in [1.807, 2.05) is 23.6 Å². The van der Waals surface area contributed by atoms with Crippen LogP contribution in [0.25, 0.3) is 11.3 Å². The van der Waals surface area contributed by atoms with Crippen LogP contribution in [0.15, 0.2) is 23.6 Å². The topological polar surface area (TPSA) is 52.6 Å². The summed E-state index contributed by atoms with van der Waals surface area (Å²) in [4.78, 5) is 4.61. The number of nitrogens with one attached hydrogen (secondary N) is 1. The van der Waals surface area contributed by atoms with Gasteiger partial charge in [-0.15, -0.1) is 11.3 Å². The third-order valence-corrected chi connectivity index (χ3v) is 3.90. The zero-order valence-electron chi connectivity index (χ0n) is 12.1. The van der Waals surface area contributed by atoms with Gasteiger partial charge in [0.25, 0.3) is 0 Å². The molecule has 0 amide bonds. The molecular formula is C15H18N2O3S. The lowest BCUT2D eigenvalue weighted by atomic mass is 10.1. The number of methoxy groups -OCH3 is 1. The van der Waals surface area contributed by atoms with E-state index in [1.54, 1.807) is 18.4 Å². The van der Waals surface area contributed by atoms with Gasteiger partial charge in [-0.05, 0) is 25.1 Å². The largest absolute Gasteiger partial charge is 0.486 e. The monoisotopic (exact) mass is 306 g/mol. The molecule has 2 heterocycles. The lowest BCUT2D eigenvalue weighted by molar-refractivity contribution is 0.171. The van der Waals surface area contributed by atoms with E-state index in [0.717, 1.165) is 27.9 Å². The van der Waals surface area contributed by atoms with Gasteiger partial charge in [0.15, 0.2) is 16.6 Å². The van der Waals surface area contributed by atoms with Gasteiger partial charge < -0.3 is 19.5 Å². The summed E-state index contributed by atoms with van der Waals surface area (Å²) in [7, 11) is 1.70. The van der Waals surface area contributed by atoms with Gasteiger partial charge in [0, 0.05) is 24.1 Å². The third-order valence-electron chi connectivity index (χ3n) is 3.13. The number of fused-ring (bicyclic) bond motifs is 1. The number of aromatic nitrogens is 1. The van der Waals surface area contributed by atoms with Crippen LogP contribution in [-0.4, -0.2) is 38.0 Å². The van der Waals surface area contributed by atoms with Gasteiger partial charge in [0.1, 0.15) is 13.2 Å². The van der Waals surface area contributed by atoms with Crippen molar-refractivity contribution in [1.82, 2.24) is 4.98 Å². The van der Waals surface area contributed by atoms with Crippen LogP contribution in [0.1, 0.15) is 6.92 Å². The zero-order valence-corrected chi connectivity index (χ0v) is 12.9. The van der Waals surface area contributed by atoms with Crippen molar-refractivity contribution in [2.24, 2.45) is 0 Å². The normalized spacial score (nSPS) is 14.8. The Kier molecular flexibility index (Phi) is 4.26. The first kappa shape index (κ1) is 14.2. The molecule has 1 N–H and O–H groups in total. The van der Waals surface area contributed by atoms with Crippen LogP contribution in [0.3, 0.4) is 0 Å². The molecule has 1 aliphatic rings. The summed E-state index contributed by atoms with van der Waals surface area (Å²) in [5.74, 6) is 1.58. The summed E-state index contributed by atoms with van der Waals surface area (Å²) in [6, 6.07) is 6.15. The number of nitrogens with zero attached hydrogens (tertiary/aromatic N) is 1. The molecule has 0 fully saturated rings. The van der Waals surface area contributed by atoms with E-state index in [0.29, 0.717) is 19.8 Å². The third kappa shape index (κ3) is 3.28. The number of hydrogen-bond acceptors (Lipinski definition) is 6. The van der Waals surface area contributed by atoms with Gasteiger partial charge in [-0.1, -0.05) is 0 Å². The van der Waals surface area contributed by atoms with Crippen molar-refractivity contribution in [1.29, 1.82) is 0 Å². The molecular weight excluding hydrogens is 288 g/mol. The minimum absolute atomic E-state index is 0.231. The number of rotatable bonds is 5. The van der Waals surface area contributed by atoms with Crippen molar-refractivity contribution in [2.75, 3.05) is 32.2 Å². The van der Waals surface area contributed by atoms with Crippen molar-refractivity contribution >= 4 is 16.5 Å². The second-order valence-corrected chi connectivity index (χ2v) is 5.76. The van der Waals surface area contributed by atoms with Crippen LogP contribution < -0.4 is 14.8 Å². The second kappa shape index (κ2) is 6.32. The number of hydrogen-bond donors (Lipinski definition) is 1. The first-order valence-corrected chi connectivity index (χ1v) is 7.75. The molecule has 6 heteroatoms. The summed E-state index contributed by atoms with van der Waals surface area (Å²) in [5.41, 5.74) is 1.96. The molecule has 21 heavy (non-hydrogen) atoms. The fourth-order valence-corrected chi connectivity index (χ4v) is 3.01. The Labute approximate surface area is 127 Å². The summed E-state index contributed by atoms with van der Waals surface area (Å²) in [6.45, 7) is 3.91. The molecule has 0 unspecified atom stereocenters. The van der Waals surface area contributed by atoms with E-state index in [1.165, 1.54) is 0 Å². The van der Waals surface area contributed by atoms with Crippen molar-refractivity contribution in [3.8, 4) is 22.8 Å². The SMILES string of the molecule is COC[C@H](C)Nc1nc(-c2ccc3c(c2)OCCO3)cs1. The summed E-state index contributed by atoms with van der Waals surface area (Å²) in [5, 5.41) is 6.25. The minimum Gasteiger partial charge on any atom is -0.486 e. The van der Waals surface area contributed by atoms with Gasteiger partial charge in [-0.3, -0.25) is 0 Å². The molecule has 0 aliphatic carbocycles. The molecule has 0 spiro atoms. The van der Waals surface area contributed by atoms with Crippen LogP contribution in [0.5, 0.6) is 11.5 Å². The van der Waals surface area contributed by atoms with Crippen LogP contribution in [0, 0.1) is 0 Å². The maximum atomic E-state index is 5.61. The number of anilines is 1. The van der Waals surface area contributed by atoms with E-state index in [2.05, 4.69) is 17.2 Å². The number of ether oxygens (including phenoxy) is 3. The standard InChI is InChI=1S/C15H18N2O3S/c1-10(8-18-2)16-15-17-12(9-21-15)11-3-4-13-14(7-11)20-6-5-19-13/h3-4,7,9-10H,5-6,8H2,1-2H3,(H,16,17)/t10-/m0/s1. The molecule has 5 nitrogen and oxygen atoms in total. The summed E-state index contributed by atoms with van der Waals surface area (Å²) >= 11 is 1.59. The molecule has 0 saturated carbocycles. The molecule has 1 aromatic heterocycles. The summed E-state index contributed by atoms with van der Waals surface area (Å²) in [6.07, 6.45) is 0. The Balaban J connectivity index is 1.76. The van der Waals surface area contributed by atoms with Crippen molar-refractivity contribution < 1.29 is 14.2 Å². The predicted octanol–water partition coefficient (Wildman–Crippen LogP) is 3.03. The van der Waals surface area contributed by atoms with Crippen LogP contribution in [-0.2, 0) is 4.74 Å². The van der Waals surface area contributed by atoms with Gasteiger partial charge >= 0.3 is 0 Å². The number of benzene rings is 1. The Morgan fingerprint density at radius 1 is 1.33 bits per heavy atom. The van der Waals surface area contributed by atoms with Crippen LogP contribution >= 0.6 is 11.3 Å². The van der Waals surface area contributed by atoms with Crippen LogP contribution in [0.4, 0.5) is 5.13 Å². The minimum atomic E-state index is 0.231. The highest BCUT2D eigenvalue weighted by Crippen LogP contribution is 2.35. The van der Waals surface area contributed by atoms with Crippen LogP contribution in [0.2, 0.25) is 0 Å². The van der Waals surface area contributed by atoms with E-state index >= 15 is 0 Å². The molecule has 2 aromatic rings. The molecule has 0 bridgehead atoms. The second-order valence-electron chi connectivity index (χ2n) is 4.90. The fourth-order valence-electron chi connectivity index (χ4n) is 2.18. The Bertz CT molecular complexity index is 615. The van der Waals surface area contributed by atoms with E-state index < -0.39 is 0 Å². The highest BCUT2D eigenvalue weighted by Gasteiger charge is 2.14. The summed E-state index contributed by atoms with van der Waals surface area (Å²) < 4.78 is 16.3. The van der Waals surface area contributed by atoms with E-state index in [4.69, 9.17) is 14.2 Å². The maximum Gasteiger partial charge on any atom is 0.183 e. The average Bonchev–Trinajstić information content (AvgIpc) is 2.95. The molecule has 0 saturated heterocycles. The van der Waals surface area contributed by atoms with Gasteiger partial charge in [-0.25, -0.2) is 4.98 Å². The Hall–Kier alpha value is -1.79. The van der Waals surface area contributed by atoms with Crippen molar-refractivity contribution in [2.45, 2.75) is 13.0 Å². The number of thiazole rings is 1. The van der Waals surface area contributed by atoms with Gasteiger partial charge in [0.05, 0.1) is 12.3 Å². The maximum absolute atomic E-state index is 5.61. The Morgan fingerprint density at radius 3 is 2.95 bits per heavy atom. The van der Waals surface area contributed by atoms with Gasteiger partial charge in [0.2, 0.25) is 0 Å². The molecule has 0 radical (unpaired) electrons. The molecule has 3 rings (SSSR count). The van der Waals surface area contributed by atoms with E-state index in [9.17, 15) is 0 Å². The fraction of sp³-hybridized carbons (Fsp3) is 0.400. The van der Waals surface area contributed by atoms with Gasteiger partial charge in [-0.2, -0.15) is 0 Å². The Morgan fingerprint density at radius 2 is 2.14 bits per heavy atom.